The van der Waals surface area contributed by atoms with Crippen LogP contribution in [0, 0.1) is 17.2 Å². The third-order valence-corrected chi connectivity index (χ3v) is 2.06. The highest BCUT2D eigenvalue weighted by Gasteiger charge is 2.31. The number of hydrogen-bond donors (Lipinski definition) is 0. The molecular weight excluding hydrogens is 140 g/mol. The van der Waals surface area contributed by atoms with Crippen molar-refractivity contribution < 1.29 is 0 Å². The molecule has 4 heteroatoms. The fourth-order valence-corrected chi connectivity index (χ4v) is 1.30. The van der Waals surface area contributed by atoms with Crippen LogP contribution in [0.1, 0.15) is 18.9 Å². The van der Waals surface area contributed by atoms with Gasteiger partial charge in [-0.05, 0) is 12.8 Å². The SMILES string of the molecule is N#CC1CC(n2nccn2)C1. The van der Waals surface area contributed by atoms with Crippen molar-refractivity contribution in [2.75, 3.05) is 0 Å². The van der Waals surface area contributed by atoms with Crippen LogP contribution >= 0.6 is 0 Å². The number of nitriles is 1. The third-order valence-electron chi connectivity index (χ3n) is 2.06. The molecule has 1 aliphatic rings. The van der Waals surface area contributed by atoms with Gasteiger partial charge >= 0.3 is 0 Å². The third kappa shape index (κ3) is 0.984. The van der Waals surface area contributed by atoms with E-state index < -0.39 is 0 Å². The van der Waals surface area contributed by atoms with Crippen LogP contribution in [0.3, 0.4) is 0 Å². The predicted octanol–water partition coefficient (Wildman–Crippen LogP) is 0.753. The van der Waals surface area contributed by atoms with E-state index in [1.54, 1.807) is 17.2 Å². The van der Waals surface area contributed by atoms with Gasteiger partial charge in [0.05, 0.1) is 30.4 Å². The van der Waals surface area contributed by atoms with E-state index in [9.17, 15) is 0 Å². The Labute approximate surface area is 64.4 Å². The second-order valence-corrected chi connectivity index (χ2v) is 2.80. The van der Waals surface area contributed by atoms with Crippen LogP contribution in [-0.4, -0.2) is 15.0 Å². The molecule has 4 nitrogen and oxygen atoms in total. The summed E-state index contributed by atoms with van der Waals surface area (Å²) in [6.07, 6.45) is 5.15. The quantitative estimate of drug-likeness (QED) is 0.590. The minimum Gasteiger partial charge on any atom is -0.198 e. The molecule has 0 saturated heterocycles. The zero-order valence-electron chi connectivity index (χ0n) is 6.01. The van der Waals surface area contributed by atoms with Gasteiger partial charge in [-0.1, -0.05) is 0 Å². The predicted molar refractivity (Wildman–Crippen MR) is 37.4 cm³/mol. The van der Waals surface area contributed by atoms with Crippen molar-refractivity contribution in [3.05, 3.63) is 12.4 Å². The minimum atomic E-state index is 0.228. The van der Waals surface area contributed by atoms with Crippen LogP contribution in [0.5, 0.6) is 0 Å². The molecule has 1 saturated carbocycles. The number of hydrogen-bond acceptors (Lipinski definition) is 3. The van der Waals surface area contributed by atoms with E-state index in [1.807, 2.05) is 0 Å². The van der Waals surface area contributed by atoms with Gasteiger partial charge in [0.2, 0.25) is 0 Å². The van der Waals surface area contributed by atoms with Gasteiger partial charge in [-0.25, -0.2) is 0 Å². The van der Waals surface area contributed by atoms with Crippen molar-refractivity contribution in [1.29, 1.82) is 5.26 Å². The largest absolute Gasteiger partial charge is 0.198 e. The molecule has 11 heavy (non-hydrogen) atoms. The Hall–Kier alpha value is -1.37. The first kappa shape index (κ1) is 6.35. The molecule has 0 bridgehead atoms. The van der Waals surface area contributed by atoms with Crippen LogP contribution in [-0.2, 0) is 0 Å². The topological polar surface area (TPSA) is 54.5 Å². The van der Waals surface area contributed by atoms with Gasteiger partial charge in [0.1, 0.15) is 0 Å². The molecule has 1 fully saturated rings. The first-order valence-electron chi connectivity index (χ1n) is 3.65. The van der Waals surface area contributed by atoms with Crippen LogP contribution in [0.25, 0.3) is 0 Å². The lowest BCUT2D eigenvalue weighted by atomic mass is 9.82. The minimum absolute atomic E-state index is 0.228. The fourth-order valence-electron chi connectivity index (χ4n) is 1.30. The summed E-state index contributed by atoms with van der Waals surface area (Å²) in [5.74, 6) is 0.228. The molecule has 0 atom stereocenters. The molecular formula is C7H8N4. The van der Waals surface area contributed by atoms with Crippen molar-refractivity contribution in [2.45, 2.75) is 18.9 Å². The molecule has 0 unspecified atom stereocenters. The normalized spacial score (nSPS) is 29.0. The Morgan fingerprint density at radius 3 is 2.55 bits per heavy atom. The first-order valence-corrected chi connectivity index (χ1v) is 3.65. The zero-order valence-corrected chi connectivity index (χ0v) is 6.01. The van der Waals surface area contributed by atoms with Gasteiger partial charge in [0.15, 0.2) is 0 Å². The highest BCUT2D eigenvalue weighted by molar-refractivity contribution is 4.95. The Kier molecular flexibility index (Phi) is 1.35. The van der Waals surface area contributed by atoms with Crippen LogP contribution in [0.4, 0.5) is 0 Å². The Bertz CT molecular complexity index is 265. The van der Waals surface area contributed by atoms with Crippen molar-refractivity contribution in [2.24, 2.45) is 5.92 Å². The molecule has 2 rings (SSSR count). The second kappa shape index (κ2) is 2.35. The van der Waals surface area contributed by atoms with Crippen LogP contribution in [0.15, 0.2) is 12.4 Å². The molecule has 1 heterocycles. The number of rotatable bonds is 1. The standard InChI is InChI=1S/C7H8N4/c8-5-6-3-7(4-6)11-9-1-2-10-11/h1-2,6-7H,3-4H2. The molecule has 1 aromatic rings. The molecule has 0 spiro atoms. The molecule has 1 aromatic heterocycles. The zero-order chi connectivity index (χ0) is 7.68. The van der Waals surface area contributed by atoms with Crippen molar-refractivity contribution in [3.8, 4) is 6.07 Å². The summed E-state index contributed by atoms with van der Waals surface area (Å²) >= 11 is 0. The lowest BCUT2D eigenvalue weighted by molar-refractivity contribution is 0.209. The van der Waals surface area contributed by atoms with Gasteiger partial charge < -0.3 is 0 Å². The van der Waals surface area contributed by atoms with E-state index in [0.717, 1.165) is 12.8 Å². The van der Waals surface area contributed by atoms with E-state index in [0.29, 0.717) is 6.04 Å². The second-order valence-electron chi connectivity index (χ2n) is 2.80. The Morgan fingerprint density at radius 1 is 1.36 bits per heavy atom. The fraction of sp³-hybridized carbons (Fsp3) is 0.571. The molecule has 0 aliphatic heterocycles. The summed E-state index contributed by atoms with van der Waals surface area (Å²) in [7, 11) is 0. The summed E-state index contributed by atoms with van der Waals surface area (Å²) in [5, 5.41) is 16.5. The molecule has 0 aromatic carbocycles. The van der Waals surface area contributed by atoms with E-state index >= 15 is 0 Å². The maximum absolute atomic E-state index is 8.50. The summed E-state index contributed by atoms with van der Waals surface area (Å²) in [6.45, 7) is 0. The van der Waals surface area contributed by atoms with E-state index in [4.69, 9.17) is 5.26 Å². The summed E-state index contributed by atoms with van der Waals surface area (Å²) in [5.41, 5.74) is 0. The molecule has 0 amide bonds. The summed E-state index contributed by atoms with van der Waals surface area (Å²) in [6, 6.07) is 2.59. The van der Waals surface area contributed by atoms with Crippen molar-refractivity contribution in [1.82, 2.24) is 15.0 Å². The monoisotopic (exact) mass is 148 g/mol. The van der Waals surface area contributed by atoms with E-state index in [-0.39, 0.29) is 5.92 Å². The number of aromatic nitrogens is 3. The van der Waals surface area contributed by atoms with Crippen molar-refractivity contribution >= 4 is 0 Å². The van der Waals surface area contributed by atoms with Crippen molar-refractivity contribution in [3.63, 3.8) is 0 Å². The average molecular weight is 148 g/mol. The molecule has 0 N–H and O–H groups in total. The summed E-state index contributed by atoms with van der Waals surface area (Å²) in [4.78, 5) is 1.69. The summed E-state index contributed by atoms with van der Waals surface area (Å²) < 4.78 is 0. The van der Waals surface area contributed by atoms with Gasteiger partial charge in [0, 0.05) is 0 Å². The Morgan fingerprint density at radius 2 is 2.00 bits per heavy atom. The first-order chi connectivity index (χ1) is 5.40. The van der Waals surface area contributed by atoms with Crippen LogP contribution < -0.4 is 0 Å². The molecule has 0 radical (unpaired) electrons. The van der Waals surface area contributed by atoms with E-state index in [1.165, 1.54) is 0 Å². The van der Waals surface area contributed by atoms with Gasteiger partial charge in [-0.2, -0.15) is 20.3 Å². The lowest BCUT2D eigenvalue weighted by Crippen LogP contribution is -2.27. The molecule has 56 valence electrons. The van der Waals surface area contributed by atoms with Gasteiger partial charge in [-0.15, -0.1) is 0 Å². The lowest BCUT2D eigenvalue weighted by Gasteiger charge is -2.29. The maximum atomic E-state index is 8.50. The number of nitrogens with zero attached hydrogens (tertiary/aromatic N) is 4. The molecule has 1 aliphatic carbocycles. The van der Waals surface area contributed by atoms with Gasteiger partial charge in [0.25, 0.3) is 0 Å². The van der Waals surface area contributed by atoms with Crippen LogP contribution in [0.2, 0.25) is 0 Å². The van der Waals surface area contributed by atoms with Gasteiger partial charge in [-0.3, -0.25) is 0 Å². The average Bonchev–Trinajstić information content (AvgIpc) is 2.37. The maximum Gasteiger partial charge on any atom is 0.0741 e. The highest BCUT2D eigenvalue weighted by Crippen LogP contribution is 2.35. The van der Waals surface area contributed by atoms with E-state index in [2.05, 4.69) is 16.3 Å². The highest BCUT2D eigenvalue weighted by atomic mass is 15.5. The smallest absolute Gasteiger partial charge is 0.0741 e. The Balaban J connectivity index is 1.99.